The number of thioether (sulfide) groups is 1. The number of amides is 1. The molecular weight excluding hydrogens is 246 g/mol. The molecule has 1 amide bonds. The highest BCUT2D eigenvalue weighted by molar-refractivity contribution is 8.00. The number of nitrogens with one attached hydrogen (secondary N) is 1. The van der Waals surface area contributed by atoms with Gasteiger partial charge in [-0.25, -0.2) is 14.6 Å². The van der Waals surface area contributed by atoms with Crippen molar-refractivity contribution in [2.45, 2.75) is 29.9 Å². The van der Waals surface area contributed by atoms with Crippen molar-refractivity contribution in [2.75, 3.05) is 0 Å². The first-order valence-corrected chi connectivity index (χ1v) is 6.02. The Kier molecular flexibility index (Phi) is 5.37. The van der Waals surface area contributed by atoms with E-state index in [9.17, 15) is 13.6 Å². The lowest BCUT2D eigenvalue weighted by molar-refractivity contribution is -0.121. The molecule has 1 aromatic carbocycles. The lowest BCUT2D eigenvalue weighted by Crippen LogP contribution is -2.30. The van der Waals surface area contributed by atoms with Gasteiger partial charge in [-0.1, -0.05) is 6.92 Å². The molecule has 0 radical (unpaired) electrons. The zero-order valence-electron chi connectivity index (χ0n) is 9.37. The highest BCUT2D eigenvalue weighted by atomic mass is 32.2. The lowest BCUT2D eigenvalue weighted by Gasteiger charge is -2.11. The SMILES string of the molecule is CC(CCC(=O)NN)Sc1ccc(F)cc1F. The third kappa shape index (κ3) is 4.70. The predicted molar refractivity (Wildman–Crippen MR) is 63.2 cm³/mol. The van der Waals surface area contributed by atoms with Crippen LogP contribution in [0.25, 0.3) is 0 Å². The molecule has 17 heavy (non-hydrogen) atoms. The maximum atomic E-state index is 13.3. The summed E-state index contributed by atoms with van der Waals surface area (Å²) in [4.78, 5) is 11.3. The first-order chi connectivity index (χ1) is 8.02. The number of carbonyl (C=O) groups is 1. The van der Waals surface area contributed by atoms with Gasteiger partial charge < -0.3 is 0 Å². The molecule has 0 aromatic heterocycles. The van der Waals surface area contributed by atoms with E-state index >= 15 is 0 Å². The van der Waals surface area contributed by atoms with Crippen molar-refractivity contribution >= 4 is 17.7 Å². The Morgan fingerprint density at radius 1 is 1.53 bits per heavy atom. The van der Waals surface area contributed by atoms with Gasteiger partial charge in [0.2, 0.25) is 5.91 Å². The Balaban J connectivity index is 2.50. The van der Waals surface area contributed by atoms with Gasteiger partial charge in [0.05, 0.1) is 0 Å². The quantitative estimate of drug-likeness (QED) is 0.369. The lowest BCUT2D eigenvalue weighted by atomic mass is 10.2. The molecule has 0 saturated heterocycles. The number of benzene rings is 1. The molecule has 0 aliphatic heterocycles. The highest BCUT2D eigenvalue weighted by Crippen LogP contribution is 2.28. The van der Waals surface area contributed by atoms with Gasteiger partial charge in [-0.2, -0.15) is 0 Å². The Labute approximate surface area is 103 Å². The van der Waals surface area contributed by atoms with Gasteiger partial charge in [0, 0.05) is 22.6 Å². The fourth-order valence-electron chi connectivity index (χ4n) is 1.25. The number of rotatable bonds is 5. The number of carbonyl (C=O) groups excluding carboxylic acids is 1. The van der Waals surface area contributed by atoms with Gasteiger partial charge in [-0.15, -0.1) is 11.8 Å². The molecule has 0 saturated carbocycles. The van der Waals surface area contributed by atoms with Crippen LogP contribution in [0.3, 0.4) is 0 Å². The largest absolute Gasteiger partial charge is 0.294 e. The monoisotopic (exact) mass is 260 g/mol. The topological polar surface area (TPSA) is 55.1 Å². The number of halogens is 2. The van der Waals surface area contributed by atoms with E-state index in [2.05, 4.69) is 0 Å². The smallest absolute Gasteiger partial charge is 0.233 e. The van der Waals surface area contributed by atoms with Crippen molar-refractivity contribution < 1.29 is 13.6 Å². The van der Waals surface area contributed by atoms with E-state index in [-0.39, 0.29) is 17.6 Å². The standard InChI is InChI=1S/C11H14F2N2OS/c1-7(2-5-11(16)15-14)17-10-4-3-8(12)6-9(10)13/h3-4,6-7H,2,5,14H2,1H3,(H,15,16). The molecular formula is C11H14F2N2OS. The van der Waals surface area contributed by atoms with E-state index in [0.29, 0.717) is 11.3 Å². The molecule has 0 fully saturated rings. The van der Waals surface area contributed by atoms with Crippen molar-refractivity contribution in [3.63, 3.8) is 0 Å². The van der Waals surface area contributed by atoms with Gasteiger partial charge >= 0.3 is 0 Å². The Bertz CT molecular complexity index is 401. The van der Waals surface area contributed by atoms with Crippen molar-refractivity contribution in [2.24, 2.45) is 5.84 Å². The number of nitrogens with two attached hydrogens (primary N) is 1. The molecule has 3 N–H and O–H groups in total. The maximum Gasteiger partial charge on any atom is 0.233 e. The summed E-state index contributed by atoms with van der Waals surface area (Å²) >= 11 is 1.27. The van der Waals surface area contributed by atoms with Crippen molar-refractivity contribution in [1.29, 1.82) is 0 Å². The molecule has 0 spiro atoms. The van der Waals surface area contributed by atoms with E-state index in [4.69, 9.17) is 5.84 Å². The highest BCUT2D eigenvalue weighted by Gasteiger charge is 2.11. The van der Waals surface area contributed by atoms with Crippen molar-refractivity contribution in [3.8, 4) is 0 Å². The molecule has 1 atom stereocenters. The summed E-state index contributed by atoms with van der Waals surface area (Å²) in [5.41, 5.74) is 2.03. The van der Waals surface area contributed by atoms with E-state index < -0.39 is 11.6 Å². The third-order valence-electron chi connectivity index (χ3n) is 2.16. The summed E-state index contributed by atoms with van der Waals surface area (Å²) in [6, 6.07) is 3.46. The summed E-state index contributed by atoms with van der Waals surface area (Å²) in [5, 5.41) is 0.0484. The molecule has 1 rings (SSSR count). The average molecular weight is 260 g/mol. The van der Waals surface area contributed by atoms with E-state index in [1.165, 1.54) is 23.9 Å². The van der Waals surface area contributed by atoms with E-state index in [1.807, 2.05) is 12.3 Å². The maximum absolute atomic E-state index is 13.3. The summed E-state index contributed by atoms with van der Waals surface area (Å²) in [6.45, 7) is 1.87. The van der Waals surface area contributed by atoms with Crippen LogP contribution in [-0.2, 0) is 4.79 Å². The molecule has 0 aliphatic carbocycles. The van der Waals surface area contributed by atoms with Gasteiger partial charge in [0.1, 0.15) is 11.6 Å². The molecule has 94 valence electrons. The van der Waals surface area contributed by atoms with Crippen LogP contribution in [0.4, 0.5) is 8.78 Å². The summed E-state index contributed by atoms with van der Waals surface area (Å²) in [5.74, 6) is 3.52. The van der Waals surface area contributed by atoms with Crippen LogP contribution in [0, 0.1) is 11.6 Å². The third-order valence-corrected chi connectivity index (χ3v) is 3.38. The van der Waals surface area contributed by atoms with Gasteiger partial charge in [-0.3, -0.25) is 10.2 Å². The number of hydrazine groups is 1. The number of hydrogen-bond donors (Lipinski definition) is 2. The molecule has 0 bridgehead atoms. The molecule has 0 heterocycles. The normalized spacial score (nSPS) is 12.2. The Hall–Kier alpha value is -1.14. The van der Waals surface area contributed by atoms with Crippen LogP contribution in [0.15, 0.2) is 23.1 Å². The molecule has 3 nitrogen and oxygen atoms in total. The van der Waals surface area contributed by atoms with E-state index in [0.717, 1.165) is 6.07 Å². The minimum Gasteiger partial charge on any atom is -0.294 e. The van der Waals surface area contributed by atoms with Gasteiger partial charge in [0.25, 0.3) is 0 Å². The average Bonchev–Trinajstić information content (AvgIpc) is 2.29. The van der Waals surface area contributed by atoms with Crippen molar-refractivity contribution in [1.82, 2.24) is 5.43 Å². The molecule has 6 heteroatoms. The first-order valence-electron chi connectivity index (χ1n) is 5.14. The van der Waals surface area contributed by atoms with Crippen LogP contribution in [0.2, 0.25) is 0 Å². The fraction of sp³-hybridized carbons (Fsp3) is 0.364. The zero-order valence-corrected chi connectivity index (χ0v) is 10.2. The van der Waals surface area contributed by atoms with Crippen LogP contribution in [0.1, 0.15) is 19.8 Å². The minimum absolute atomic E-state index is 0.0484. The van der Waals surface area contributed by atoms with Gasteiger partial charge in [-0.05, 0) is 18.6 Å². The van der Waals surface area contributed by atoms with E-state index in [1.54, 1.807) is 0 Å². The first kappa shape index (κ1) is 13.9. The second-order valence-electron chi connectivity index (χ2n) is 3.61. The summed E-state index contributed by atoms with van der Waals surface area (Å²) in [7, 11) is 0. The van der Waals surface area contributed by atoms with Crippen LogP contribution in [0.5, 0.6) is 0 Å². The minimum atomic E-state index is -0.595. The predicted octanol–water partition coefficient (Wildman–Crippen LogP) is 2.22. The second-order valence-corrected chi connectivity index (χ2v) is 5.09. The zero-order chi connectivity index (χ0) is 12.8. The summed E-state index contributed by atoms with van der Waals surface area (Å²) in [6.07, 6.45) is 0.859. The molecule has 0 aliphatic rings. The van der Waals surface area contributed by atoms with Crippen LogP contribution in [-0.4, -0.2) is 11.2 Å². The molecule has 1 aromatic rings. The summed E-state index contributed by atoms with van der Waals surface area (Å²) < 4.78 is 26.0. The Morgan fingerprint density at radius 2 is 2.24 bits per heavy atom. The second kappa shape index (κ2) is 6.56. The van der Waals surface area contributed by atoms with Crippen LogP contribution < -0.4 is 11.3 Å². The van der Waals surface area contributed by atoms with Gasteiger partial charge in [0.15, 0.2) is 0 Å². The Morgan fingerprint density at radius 3 is 2.82 bits per heavy atom. The van der Waals surface area contributed by atoms with Crippen LogP contribution >= 0.6 is 11.8 Å². The fourth-order valence-corrected chi connectivity index (χ4v) is 2.24. The number of hydrogen-bond acceptors (Lipinski definition) is 3. The molecule has 1 unspecified atom stereocenters. The van der Waals surface area contributed by atoms with Crippen molar-refractivity contribution in [3.05, 3.63) is 29.8 Å².